The predicted octanol–water partition coefficient (Wildman–Crippen LogP) is 1.63. The van der Waals surface area contributed by atoms with Crippen LogP contribution in [0.4, 0.5) is 0 Å². The van der Waals surface area contributed by atoms with E-state index in [0.717, 1.165) is 30.4 Å². The lowest BCUT2D eigenvalue weighted by molar-refractivity contribution is 0.346. The van der Waals surface area contributed by atoms with Gasteiger partial charge in [0.2, 0.25) is 10.0 Å². The zero-order valence-electron chi connectivity index (χ0n) is 10.7. The summed E-state index contributed by atoms with van der Waals surface area (Å²) in [6.07, 6.45) is 3.04. The molecule has 2 N–H and O–H groups in total. The molecule has 1 aromatic carbocycles. The highest BCUT2D eigenvalue weighted by Crippen LogP contribution is 2.22. The normalized spacial score (nSPS) is 17.9. The number of hydrogen-bond donors (Lipinski definition) is 1. The number of hydrogen-bond acceptors (Lipinski definition) is 3. The van der Waals surface area contributed by atoms with Crippen LogP contribution in [0.2, 0.25) is 0 Å². The van der Waals surface area contributed by atoms with E-state index in [0.29, 0.717) is 24.5 Å². The third kappa shape index (κ3) is 2.58. The third-order valence-electron chi connectivity index (χ3n) is 3.49. The summed E-state index contributed by atoms with van der Waals surface area (Å²) in [4.78, 5) is 0.388. The molecular weight excluding hydrogens is 248 g/mol. The van der Waals surface area contributed by atoms with Crippen molar-refractivity contribution in [2.45, 2.75) is 37.6 Å². The maximum atomic E-state index is 12.4. The minimum atomic E-state index is -3.32. The van der Waals surface area contributed by atoms with Crippen LogP contribution in [0.5, 0.6) is 0 Å². The van der Waals surface area contributed by atoms with E-state index in [1.165, 1.54) is 0 Å². The topological polar surface area (TPSA) is 63.4 Å². The van der Waals surface area contributed by atoms with Crippen LogP contribution in [0.3, 0.4) is 0 Å². The summed E-state index contributed by atoms with van der Waals surface area (Å²) in [5, 5.41) is 0. The molecule has 1 aliphatic rings. The SMILES string of the molecule is Cc1cc(S(=O)(=O)N2CCCCC2)ccc1CN. The van der Waals surface area contributed by atoms with Crippen molar-refractivity contribution in [1.29, 1.82) is 0 Å². The van der Waals surface area contributed by atoms with Crippen molar-refractivity contribution in [1.82, 2.24) is 4.31 Å². The fourth-order valence-electron chi connectivity index (χ4n) is 2.31. The van der Waals surface area contributed by atoms with Crippen molar-refractivity contribution >= 4 is 10.0 Å². The van der Waals surface area contributed by atoms with Gasteiger partial charge in [0.05, 0.1) is 4.90 Å². The summed E-state index contributed by atoms with van der Waals surface area (Å²) in [6, 6.07) is 5.21. The van der Waals surface area contributed by atoms with E-state index in [1.54, 1.807) is 16.4 Å². The van der Waals surface area contributed by atoms with Gasteiger partial charge in [0.15, 0.2) is 0 Å². The van der Waals surface area contributed by atoms with Gasteiger partial charge in [0.1, 0.15) is 0 Å². The minimum absolute atomic E-state index is 0.388. The summed E-state index contributed by atoms with van der Waals surface area (Å²) in [5.74, 6) is 0. The molecule has 0 bridgehead atoms. The van der Waals surface area contributed by atoms with Crippen LogP contribution in [-0.4, -0.2) is 25.8 Å². The quantitative estimate of drug-likeness (QED) is 0.906. The van der Waals surface area contributed by atoms with Crippen LogP contribution in [0.1, 0.15) is 30.4 Å². The Balaban J connectivity index is 2.32. The predicted molar refractivity (Wildman–Crippen MR) is 71.7 cm³/mol. The molecule has 5 heteroatoms. The Bertz CT molecular complexity index is 520. The first kappa shape index (κ1) is 13.5. The fraction of sp³-hybridized carbons (Fsp3) is 0.538. The van der Waals surface area contributed by atoms with Gasteiger partial charge < -0.3 is 5.73 Å². The first-order chi connectivity index (χ1) is 8.55. The largest absolute Gasteiger partial charge is 0.326 e. The second-order valence-corrected chi connectivity index (χ2v) is 6.70. The molecule has 4 nitrogen and oxygen atoms in total. The summed E-state index contributed by atoms with van der Waals surface area (Å²) in [7, 11) is -3.32. The molecule has 18 heavy (non-hydrogen) atoms. The lowest BCUT2D eigenvalue weighted by Crippen LogP contribution is -2.35. The van der Waals surface area contributed by atoms with Crippen LogP contribution in [0.25, 0.3) is 0 Å². The first-order valence-electron chi connectivity index (χ1n) is 6.35. The molecule has 0 aliphatic carbocycles. The maximum Gasteiger partial charge on any atom is 0.243 e. The summed E-state index contributed by atoms with van der Waals surface area (Å²) in [6.45, 7) is 3.62. The highest BCUT2D eigenvalue weighted by Gasteiger charge is 2.25. The van der Waals surface area contributed by atoms with Crippen molar-refractivity contribution in [3.05, 3.63) is 29.3 Å². The van der Waals surface area contributed by atoms with Crippen LogP contribution >= 0.6 is 0 Å². The third-order valence-corrected chi connectivity index (χ3v) is 5.38. The Morgan fingerprint density at radius 2 is 1.89 bits per heavy atom. The molecule has 1 aromatic rings. The Kier molecular flexibility index (Phi) is 4.04. The Morgan fingerprint density at radius 3 is 2.44 bits per heavy atom. The molecule has 100 valence electrons. The second kappa shape index (κ2) is 5.38. The van der Waals surface area contributed by atoms with Crippen LogP contribution in [-0.2, 0) is 16.6 Å². The maximum absolute atomic E-state index is 12.4. The number of piperidine rings is 1. The molecule has 1 heterocycles. The van der Waals surface area contributed by atoms with Crippen molar-refractivity contribution < 1.29 is 8.42 Å². The van der Waals surface area contributed by atoms with Gasteiger partial charge in [-0.05, 0) is 43.0 Å². The Hall–Kier alpha value is -0.910. The smallest absolute Gasteiger partial charge is 0.243 e. The molecular formula is C13H20N2O2S. The van der Waals surface area contributed by atoms with Crippen LogP contribution < -0.4 is 5.73 Å². The van der Waals surface area contributed by atoms with Gasteiger partial charge in [-0.15, -0.1) is 0 Å². The number of rotatable bonds is 3. The zero-order valence-corrected chi connectivity index (χ0v) is 11.5. The molecule has 1 fully saturated rings. The summed E-state index contributed by atoms with van der Waals surface area (Å²) < 4.78 is 26.5. The van der Waals surface area contributed by atoms with Crippen molar-refractivity contribution in [3.8, 4) is 0 Å². The van der Waals surface area contributed by atoms with E-state index in [-0.39, 0.29) is 0 Å². The number of aryl methyl sites for hydroxylation is 1. The highest BCUT2D eigenvalue weighted by molar-refractivity contribution is 7.89. The van der Waals surface area contributed by atoms with E-state index < -0.39 is 10.0 Å². The first-order valence-corrected chi connectivity index (χ1v) is 7.79. The van der Waals surface area contributed by atoms with Gasteiger partial charge >= 0.3 is 0 Å². The number of sulfonamides is 1. The van der Waals surface area contributed by atoms with Gasteiger partial charge in [-0.3, -0.25) is 0 Å². The second-order valence-electron chi connectivity index (χ2n) is 4.76. The summed E-state index contributed by atoms with van der Waals surface area (Å²) in [5.41, 5.74) is 7.53. The lowest BCUT2D eigenvalue weighted by Gasteiger charge is -2.26. The van der Waals surface area contributed by atoms with E-state index in [4.69, 9.17) is 5.73 Å². The molecule has 0 unspecified atom stereocenters. The lowest BCUT2D eigenvalue weighted by atomic mass is 10.1. The Labute approximate surface area is 109 Å². The molecule has 2 rings (SSSR count). The number of nitrogens with zero attached hydrogens (tertiary/aromatic N) is 1. The van der Waals surface area contributed by atoms with Crippen molar-refractivity contribution in [3.63, 3.8) is 0 Å². The average molecular weight is 268 g/mol. The zero-order chi connectivity index (χ0) is 13.2. The highest BCUT2D eigenvalue weighted by atomic mass is 32.2. The monoisotopic (exact) mass is 268 g/mol. The van der Waals surface area contributed by atoms with E-state index >= 15 is 0 Å². The van der Waals surface area contributed by atoms with Gasteiger partial charge in [0, 0.05) is 19.6 Å². The van der Waals surface area contributed by atoms with Gasteiger partial charge in [-0.1, -0.05) is 12.5 Å². The van der Waals surface area contributed by atoms with Gasteiger partial charge in [0.25, 0.3) is 0 Å². The van der Waals surface area contributed by atoms with Crippen LogP contribution in [0.15, 0.2) is 23.1 Å². The average Bonchev–Trinajstić information content (AvgIpc) is 2.39. The molecule has 0 spiro atoms. The fourth-order valence-corrected chi connectivity index (χ4v) is 3.91. The van der Waals surface area contributed by atoms with Gasteiger partial charge in [-0.2, -0.15) is 4.31 Å². The molecule has 1 saturated heterocycles. The van der Waals surface area contributed by atoms with E-state index in [2.05, 4.69) is 0 Å². The standard InChI is InChI=1S/C13H20N2O2S/c1-11-9-13(6-5-12(11)10-14)18(16,17)15-7-3-2-4-8-15/h5-6,9H,2-4,7-8,10,14H2,1H3. The summed E-state index contributed by atoms with van der Waals surface area (Å²) >= 11 is 0. The molecule has 0 radical (unpaired) electrons. The molecule has 0 saturated carbocycles. The van der Waals surface area contributed by atoms with Gasteiger partial charge in [-0.25, -0.2) is 8.42 Å². The Morgan fingerprint density at radius 1 is 1.22 bits per heavy atom. The number of benzene rings is 1. The molecule has 1 aliphatic heterocycles. The molecule has 0 aromatic heterocycles. The van der Waals surface area contributed by atoms with E-state index in [1.807, 2.05) is 13.0 Å². The number of nitrogens with two attached hydrogens (primary N) is 1. The van der Waals surface area contributed by atoms with Crippen LogP contribution in [0, 0.1) is 6.92 Å². The van der Waals surface area contributed by atoms with Crippen molar-refractivity contribution in [2.75, 3.05) is 13.1 Å². The van der Waals surface area contributed by atoms with E-state index in [9.17, 15) is 8.42 Å². The van der Waals surface area contributed by atoms with Crippen molar-refractivity contribution in [2.24, 2.45) is 5.73 Å². The molecule has 0 atom stereocenters. The molecule has 0 amide bonds. The minimum Gasteiger partial charge on any atom is -0.326 e.